The topological polar surface area (TPSA) is 75.6 Å². The quantitative estimate of drug-likeness (QED) is 0.686. The number of methoxy groups -OCH3 is 1. The average molecular weight is 293 g/mol. The number of hydrogen-bond donors (Lipinski definition) is 2. The Kier molecular flexibility index (Phi) is 7.29. The van der Waals surface area contributed by atoms with E-state index in [4.69, 9.17) is 9.84 Å². The highest BCUT2D eigenvalue weighted by atomic mass is 16.5. The summed E-state index contributed by atoms with van der Waals surface area (Å²) in [7, 11) is 1.60. The molecule has 1 rings (SSSR count). The maximum Gasteiger partial charge on any atom is 0.303 e. The van der Waals surface area contributed by atoms with Crippen LogP contribution in [0.3, 0.4) is 0 Å². The zero-order valence-electron chi connectivity index (χ0n) is 12.6. The second kappa shape index (κ2) is 9.00. The van der Waals surface area contributed by atoms with Gasteiger partial charge in [-0.3, -0.25) is 9.59 Å². The lowest BCUT2D eigenvalue weighted by Gasteiger charge is -2.09. The fraction of sp³-hybridized carbons (Fsp3) is 0.500. The summed E-state index contributed by atoms with van der Waals surface area (Å²) in [5.41, 5.74) is 1.54. The first-order valence-corrected chi connectivity index (χ1v) is 7.19. The van der Waals surface area contributed by atoms with Gasteiger partial charge in [-0.2, -0.15) is 0 Å². The Morgan fingerprint density at radius 1 is 1.19 bits per heavy atom. The molecule has 1 aromatic rings. The normalized spacial score (nSPS) is 10.2. The van der Waals surface area contributed by atoms with Crippen molar-refractivity contribution >= 4 is 11.9 Å². The molecule has 5 nitrogen and oxygen atoms in total. The van der Waals surface area contributed by atoms with Crippen molar-refractivity contribution in [2.75, 3.05) is 13.7 Å². The van der Waals surface area contributed by atoms with Gasteiger partial charge in [-0.25, -0.2) is 0 Å². The number of hydrogen-bond acceptors (Lipinski definition) is 3. The molecule has 0 saturated carbocycles. The molecule has 0 heterocycles. The summed E-state index contributed by atoms with van der Waals surface area (Å²) in [5, 5.41) is 11.4. The summed E-state index contributed by atoms with van der Waals surface area (Å²) >= 11 is 0. The van der Waals surface area contributed by atoms with E-state index < -0.39 is 5.97 Å². The third-order valence-corrected chi connectivity index (χ3v) is 3.28. The van der Waals surface area contributed by atoms with Gasteiger partial charge in [-0.1, -0.05) is 12.8 Å². The predicted molar refractivity (Wildman–Crippen MR) is 80.8 cm³/mol. The maximum atomic E-state index is 12.0. The lowest BCUT2D eigenvalue weighted by molar-refractivity contribution is -0.137. The Morgan fingerprint density at radius 3 is 2.52 bits per heavy atom. The summed E-state index contributed by atoms with van der Waals surface area (Å²) in [6.07, 6.45) is 3.58. The first-order valence-electron chi connectivity index (χ1n) is 7.19. The van der Waals surface area contributed by atoms with Gasteiger partial charge >= 0.3 is 5.97 Å². The number of nitrogens with one attached hydrogen (secondary N) is 1. The molecule has 0 spiro atoms. The third kappa shape index (κ3) is 6.29. The summed E-state index contributed by atoms with van der Waals surface area (Å²) in [4.78, 5) is 22.4. The number of rotatable bonds is 9. The van der Waals surface area contributed by atoms with Gasteiger partial charge in [-0.05, 0) is 43.5 Å². The SMILES string of the molecule is COc1ccc(C(=O)NCCCCCCC(=O)O)c(C)c1. The van der Waals surface area contributed by atoms with Crippen LogP contribution in [0.15, 0.2) is 18.2 Å². The second-order valence-electron chi connectivity index (χ2n) is 4.99. The van der Waals surface area contributed by atoms with E-state index in [2.05, 4.69) is 5.32 Å². The number of aryl methyl sites for hydroxylation is 1. The number of carbonyl (C=O) groups is 2. The van der Waals surface area contributed by atoms with Crippen LogP contribution < -0.4 is 10.1 Å². The van der Waals surface area contributed by atoms with Gasteiger partial charge in [-0.15, -0.1) is 0 Å². The van der Waals surface area contributed by atoms with Gasteiger partial charge in [0, 0.05) is 18.5 Å². The Labute approximate surface area is 125 Å². The first-order chi connectivity index (χ1) is 10.0. The van der Waals surface area contributed by atoms with Gasteiger partial charge in [0.25, 0.3) is 5.91 Å². The minimum atomic E-state index is -0.752. The van der Waals surface area contributed by atoms with E-state index >= 15 is 0 Å². The number of aliphatic carboxylic acids is 1. The summed E-state index contributed by atoms with van der Waals surface area (Å²) in [6.45, 7) is 2.49. The van der Waals surface area contributed by atoms with Crippen molar-refractivity contribution in [1.82, 2.24) is 5.32 Å². The Balaban J connectivity index is 2.26. The summed E-state index contributed by atoms with van der Waals surface area (Å²) in [5.74, 6) is -0.0959. The van der Waals surface area contributed by atoms with E-state index in [1.54, 1.807) is 19.2 Å². The van der Waals surface area contributed by atoms with Crippen molar-refractivity contribution in [3.63, 3.8) is 0 Å². The zero-order chi connectivity index (χ0) is 15.7. The van der Waals surface area contributed by atoms with Crippen molar-refractivity contribution < 1.29 is 19.4 Å². The van der Waals surface area contributed by atoms with Crippen LogP contribution in [0.2, 0.25) is 0 Å². The lowest BCUT2D eigenvalue weighted by atomic mass is 10.1. The molecule has 1 amide bonds. The fourth-order valence-electron chi connectivity index (χ4n) is 2.07. The van der Waals surface area contributed by atoms with Crippen LogP contribution in [0.25, 0.3) is 0 Å². The highest BCUT2D eigenvalue weighted by Crippen LogP contribution is 2.16. The molecular weight excluding hydrogens is 270 g/mol. The molecular formula is C16H23NO4. The third-order valence-electron chi connectivity index (χ3n) is 3.28. The molecule has 0 aliphatic rings. The molecule has 0 unspecified atom stereocenters. The Morgan fingerprint density at radius 2 is 1.90 bits per heavy atom. The monoisotopic (exact) mass is 293 g/mol. The van der Waals surface area contributed by atoms with Crippen LogP contribution in [0.4, 0.5) is 0 Å². The largest absolute Gasteiger partial charge is 0.497 e. The van der Waals surface area contributed by atoms with Crippen LogP contribution in [0.1, 0.15) is 48.0 Å². The van der Waals surface area contributed by atoms with Crippen molar-refractivity contribution in [3.8, 4) is 5.75 Å². The fourth-order valence-corrected chi connectivity index (χ4v) is 2.07. The number of ether oxygens (including phenoxy) is 1. The van der Waals surface area contributed by atoms with E-state index in [9.17, 15) is 9.59 Å². The van der Waals surface area contributed by atoms with E-state index in [1.807, 2.05) is 13.0 Å². The Bertz CT molecular complexity index is 485. The number of amides is 1. The molecule has 0 aliphatic heterocycles. The number of carboxylic acids is 1. The van der Waals surface area contributed by atoms with Crippen LogP contribution >= 0.6 is 0 Å². The molecule has 5 heteroatoms. The molecule has 0 radical (unpaired) electrons. The van der Waals surface area contributed by atoms with E-state index in [1.165, 1.54) is 0 Å². The second-order valence-corrected chi connectivity index (χ2v) is 4.99. The van der Waals surface area contributed by atoms with Crippen molar-refractivity contribution in [2.45, 2.75) is 39.0 Å². The van der Waals surface area contributed by atoms with E-state index in [-0.39, 0.29) is 12.3 Å². The van der Waals surface area contributed by atoms with Crippen molar-refractivity contribution in [1.29, 1.82) is 0 Å². The van der Waals surface area contributed by atoms with Gasteiger partial charge < -0.3 is 15.2 Å². The van der Waals surface area contributed by atoms with Crippen molar-refractivity contribution in [3.05, 3.63) is 29.3 Å². The summed E-state index contributed by atoms with van der Waals surface area (Å²) < 4.78 is 5.11. The molecule has 116 valence electrons. The number of carbonyl (C=O) groups excluding carboxylic acids is 1. The van der Waals surface area contributed by atoms with Gasteiger partial charge in [0.1, 0.15) is 5.75 Å². The molecule has 0 aromatic heterocycles. The first kappa shape index (κ1) is 17.0. The molecule has 0 atom stereocenters. The molecule has 1 aromatic carbocycles. The smallest absolute Gasteiger partial charge is 0.303 e. The zero-order valence-corrected chi connectivity index (χ0v) is 12.6. The van der Waals surface area contributed by atoms with Crippen molar-refractivity contribution in [2.24, 2.45) is 0 Å². The van der Waals surface area contributed by atoms with Crippen LogP contribution in [0.5, 0.6) is 5.75 Å². The average Bonchev–Trinajstić information content (AvgIpc) is 2.45. The molecule has 0 bridgehead atoms. The van der Waals surface area contributed by atoms with Gasteiger partial charge in [0.2, 0.25) is 0 Å². The van der Waals surface area contributed by atoms with Crippen LogP contribution in [-0.4, -0.2) is 30.6 Å². The lowest BCUT2D eigenvalue weighted by Crippen LogP contribution is -2.25. The van der Waals surface area contributed by atoms with Crippen LogP contribution in [0, 0.1) is 6.92 Å². The highest BCUT2D eigenvalue weighted by Gasteiger charge is 2.08. The minimum Gasteiger partial charge on any atom is -0.497 e. The van der Waals surface area contributed by atoms with Gasteiger partial charge in [0.15, 0.2) is 0 Å². The standard InChI is InChI=1S/C16H23NO4/c1-12-11-13(21-2)8-9-14(12)16(20)17-10-6-4-3-5-7-15(18)19/h8-9,11H,3-7,10H2,1-2H3,(H,17,20)(H,18,19). The van der Waals surface area contributed by atoms with Gasteiger partial charge in [0.05, 0.1) is 7.11 Å². The Hall–Kier alpha value is -2.04. The minimum absolute atomic E-state index is 0.0827. The van der Waals surface area contributed by atoms with Crippen LogP contribution in [-0.2, 0) is 4.79 Å². The van der Waals surface area contributed by atoms with E-state index in [0.29, 0.717) is 18.5 Å². The highest BCUT2D eigenvalue weighted by molar-refractivity contribution is 5.95. The molecule has 21 heavy (non-hydrogen) atoms. The number of unbranched alkanes of at least 4 members (excludes halogenated alkanes) is 3. The molecule has 0 fully saturated rings. The molecule has 0 saturated heterocycles. The molecule has 2 N–H and O–H groups in total. The molecule has 0 aliphatic carbocycles. The number of carboxylic acid groups (broad SMARTS) is 1. The van der Waals surface area contributed by atoms with E-state index in [0.717, 1.165) is 30.6 Å². The predicted octanol–water partition coefficient (Wildman–Crippen LogP) is 2.77. The number of benzene rings is 1. The summed E-state index contributed by atoms with van der Waals surface area (Å²) in [6, 6.07) is 5.37. The maximum absolute atomic E-state index is 12.0.